The monoisotopic (exact) mass is 357 g/mol. The molecule has 0 aliphatic carbocycles. The van der Waals surface area contributed by atoms with Crippen LogP contribution in [0.25, 0.3) is 10.2 Å². The van der Waals surface area contributed by atoms with Crippen LogP contribution in [0, 0.1) is 11.7 Å². The Hall–Kier alpha value is -2.67. The van der Waals surface area contributed by atoms with Gasteiger partial charge in [0, 0.05) is 18.8 Å². The summed E-state index contributed by atoms with van der Waals surface area (Å²) >= 11 is 1.59. The first kappa shape index (κ1) is 15.8. The lowest BCUT2D eigenvalue weighted by atomic mass is 10.00. The molecule has 0 spiro atoms. The molecule has 1 amide bonds. The zero-order chi connectivity index (χ0) is 17.4. The summed E-state index contributed by atoms with van der Waals surface area (Å²) in [6.07, 6.45) is 0. The van der Waals surface area contributed by atoms with Crippen LogP contribution in [0.3, 0.4) is 0 Å². The molecule has 1 aliphatic heterocycles. The Morgan fingerprint density at radius 2 is 2.04 bits per heavy atom. The zero-order valence-corrected chi connectivity index (χ0v) is 14.3. The Balaban J connectivity index is 1.41. The molecule has 1 saturated heterocycles. The summed E-state index contributed by atoms with van der Waals surface area (Å²) in [5.41, 5.74) is 1.46. The lowest BCUT2D eigenvalue weighted by Gasteiger charge is -2.37. The normalized spacial score (nSPS) is 14.4. The van der Waals surface area contributed by atoms with Crippen molar-refractivity contribution in [3.05, 3.63) is 48.3 Å². The van der Waals surface area contributed by atoms with E-state index in [-0.39, 0.29) is 17.6 Å². The minimum absolute atomic E-state index is 0.0541. The highest BCUT2D eigenvalue weighted by molar-refractivity contribution is 7.22. The van der Waals surface area contributed by atoms with Gasteiger partial charge in [0.15, 0.2) is 5.13 Å². The fraction of sp³-hybridized carbons (Fsp3) is 0.222. The molecule has 1 aliphatic rings. The summed E-state index contributed by atoms with van der Waals surface area (Å²) in [6, 6.07) is 11.6. The second-order valence-corrected chi connectivity index (χ2v) is 6.91. The van der Waals surface area contributed by atoms with Crippen LogP contribution >= 0.6 is 11.3 Å². The molecular formula is C18H16FN3O2S. The average Bonchev–Trinajstić information content (AvgIpc) is 2.99. The van der Waals surface area contributed by atoms with Gasteiger partial charge < -0.3 is 15.0 Å². The number of thiazole rings is 1. The Kier molecular flexibility index (Phi) is 4.01. The van der Waals surface area contributed by atoms with E-state index in [9.17, 15) is 9.18 Å². The number of carbonyl (C=O) groups excluding carboxylic acids is 1. The number of benzene rings is 2. The predicted molar refractivity (Wildman–Crippen MR) is 96.9 cm³/mol. The third kappa shape index (κ3) is 3.02. The molecule has 0 radical (unpaired) electrons. The van der Waals surface area contributed by atoms with Gasteiger partial charge in [-0.15, -0.1) is 0 Å². The van der Waals surface area contributed by atoms with E-state index in [0.29, 0.717) is 18.8 Å². The molecule has 2 heterocycles. The van der Waals surface area contributed by atoms with Gasteiger partial charge in [-0.1, -0.05) is 17.4 Å². The number of halogens is 1. The lowest BCUT2D eigenvalue weighted by molar-refractivity contribution is -0.120. The van der Waals surface area contributed by atoms with Crippen molar-refractivity contribution < 1.29 is 13.9 Å². The molecule has 0 saturated carbocycles. The van der Waals surface area contributed by atoms with Crippen LogP contribution in [0.5, 0.6) is 5.75 Å². The lowest BCUT2D eigenvalue weighted by Crippen LogP contribution is -2.52. The topological polar surface area (TPSA) is 54.5 Å². The number of anilines is 2. The van der Waals surface area contributed by atoms with Gasteiger partial charge in [-0.05, 0) is 36.4 Å². The van der Waals surface area contributed by atoms with Crippen molar-refractivity contribution in [2.75, 3.05) is 30.4 Å². The predicted octanol–water partition coefficient (Wildman–Crippen LogP) is 3.52. The standard InChI is InChI=1S/C18H16FN3O2S/c1-24-14-3-2-4-15-16(14)21-18(25-15)22-9-11(10-22)17(23)20-13-7-5-12(19)6-8-13/h2-8,11H,9-10H2,1H3,(H,20,23). The maximum absolute atomic E-state index is 12.9. The largest absolute Gasteiger partial charge is 0.494 e. The molecule has 5 nitrogen and oxygen atoms in total. The van der Waals surface area contributed by atoms with Crippen LogP contribution in [0.2, 0.25) is 0 Å². The van der Waals surface area contributed by atoms with Crippen LogP contribution in [-0.4, -0.2) is 31.1 Å². The van der Waals surface area contributed by atoms with Crippen molar-refractivity contribution >= 4 is 38.3 Å². The number of amides is 1. The van der Waals surface area contributed by atoms with Crippen molar-refractivity contribution in [2.45, 2.75) is 0 Å². The van der Waals surface area contributed by atoms with E-state index < -0.39 is 0 Å². The van der Waals surface area contributed by atoms with E-state index in [1.165, 1.54) is 12.1 Å². The van der Waals surface area contributed by atoms with Gasteiger partial charge in [0.1, 0.15) is 17.1 Å². The molecule has 1 fully saturated rings. The van der Waals surface area contributed by atoms with Gasteiger partial charge in [-0.25, -0.2) is 9.37 Å². The minimum atomic E-state index is -0.320. The van der Waals surface area contributed by atoms with E-state index in [0.717, 1.165) is 21.1 Å². The highest BCUT2D eigenvalue weighted by Gasteiger charge is 2.34. The molecule has 0 atom stereocenters. The summed E-state index contributed by atoms with van der Waals surface area (Å²) < 4.78 is 19.3. The highest BCUT2D eigenvalue weighted by atomic mass is 32.1. The van der Waals surface area contributed by atoms with Crippen molar-refractivity contribution in [2.24, 2.45) is 5.92 Å². The molecule has 3 aromatic rings. The second-order valence-electron chi connectivity index (χ2n) is 5.90. The highest BCUT2D eigenvalue weighted by Crippen LogP contribution is 2.36. The van der Waals surface area contributed by atoms with Crippen molar-refractivity contribution in [1.29, 1.82) is 0 Å². The SMILES string of the molecule is COc1cccc2sc(N3CC(C(=O)Nc4ccc(F)cc4)C3)nc12. The summed E-state index contributed by atoms with van der Waals surface area (Å²) in [6.45, 7) is 1.24. The molecule has 0 unspecified atom stereocenters. The fourth-order valence-corrected chi connectivity index (χ4v) is 3.79. The molecule has 4 rings (SSSR count). The van der Waals surface area contributed by atoms with Crippen LogP contribution in [0.1, 0.15) is 0 Å². The van der Waals surface area contributed by atoms with Crippen molar-refractivity contribution in [3.63, 3.8) is 0 Å². The number of carbonyl (C=O) groups is 1. The third-order valence-corrected chi connectivity index (χ3v) is 5.31. The number of methoxy groups -OCH3 is 1. The zero-order valence-electron chi connectivity index (χ0n) is 13.5. The maximum atomic E-state index is 12.9. The number of fused-ring (bicyclic) bond motifs is 1. The van der Waals surface area contributed by atoms with Gasteiger partial charge in [0.05, 0.1) is 17.7 Å². The number of ether oxygens (including phenoxy) is 1. The van der Waals surface area contributed by atoms with Crippen LogP contribution < -0.4 is 15.0 Å². The number of nitrogens with zero attached hydrogens (tertiary/aromatic N) is 2. The first-order valence-corrected chi connectivity index (χ1v) is 8.70. The molecule has 1 aromatic heterocycles. The second kappa shape index (κ2) is 6.33. The number of rotatable bonds is 4. The van der Waals surface area contributed by atoms with E-state index in [2.05, 4.69) is 15.2 Å². The number of hydrogen-bond donors (Lipinski definition) is 1. The molecule has 0 bridgehead atoms. The number of nitrogens with one attached hydrogen (secondary N) is 1. The van der Waals surface area contributed by atoms with Crippen LogP contribution in [0.4, 0.5) is 15.2 Å². The summed E-state index contributed by atoms with van der Waals surface area (Å²) in [7, 11) is 1.63. The first-order chi connectivity index (χ1) is 12.1. The molecule has 128 valence electrons. The van der Waals surface area contributed by atoms with E-state index in [1.807, 2.05) is 18.2 Å². The molecule has 25 heavy (non-hydrogen) atoms. The van der Waals surface area contributed by atoms with Crippen molar-refractivity contribution in [1.82, 2.24) is 4.98 Å². The quantitative estimate of drug-likeness (QED) is 0.776. The number of para-hydroxylation sites is 1. The molecule has 2 aromatic carbocycles. The molecule has 1 N–H and O–H groups in total. The molecular weight excluding hydrogens is 341 g/mol. The smallest absolute Gasteiger partial charge is 0.231 e. The Morgan fingerprint density at radius 3 is 2.76 bits per heavy atom. The Labute approximate surface area is 148 Å². The van der Waals surface area contributed by atoms with Crippen LogP contribution in [0.15, 0.2) is 42.5 Å². The van der Waals surface area contributed by atoms with E-state index in [1.54, 1.807) is 30.6 Å². The van der Waals surface area contributed by atoms with Gasteiger partial charge in [0.25, 0.3) is 0 Å². The molecule has 7 heteroatoms. The van der Waals surface area contributed by atoms with Gasteiger partial charge in [-0.3, -0.25) is 4.79 Å². The van der Waals surface area contributed by atoms with Gasteiger partial charge >= 0.3 is 0 Å². The summed E-state index contributed by atoms with van der Waals surface area (Å²) in [5, 5.41) is 3.71. The number of hydrogen-bond acceptors (Lipinski definition) is 5. The fourth-order valence-electron chi connectivity index (χ4n) is 2.79. The summed E-state index contributed by atoms with van der Waals surface area (Å²) in [5.74, 6) is 0.283. The van der Waals surface area contributed by atoms with Crippen LogP contribution in [-0.2, 0) is 4.79 Å². The van der Waals surface area contributed by atoms with Gasteiger partial charge in [-0.2, -0.15) is 0 Å². The van der Waals surface area contributed by atoms with Crippen molar-refractivity contribution in [3.8, 4) is 5.75 Å². The Morgan fingerprint density at radius 1 is 1.28 bits per heavy atom. The number of aromatic nitrogens is 1. The van der Waals surface area contributed by atoms with E-state index >= 15 is 0 Å². The average molecular weight is 357 g/mol. The van der Waals surface area contributed by atoms with Gasteiger partial charge in [0.2, 0.25) is 5.91 Å². The van der Waals surface area contributed by atoms with E-state index in [4.69, 9.17) is 4.74 Å². The summed E-state index contributed by atoms with van der Waals surface area (Å²) in [4.78, 5) is 19.0. The maximum Gasteiger partial charge on any atom is 0.231 e. The Bertz CT molecular complexity index is 920. The first-order valence-electron chi connectivity index (χ1n) is 7.89. The third-order valence-electron chi connectivity index (χ3n) is 4.23. The minimum Gasteiger partial charge on any atom is -0.494 e.